The summed E-state index contributed by atoms with van der Waals surface area (Å²) in [7, 11) is 0. The molecule has 0 aliphatic heterocycles. The number of rotatable bonds is 2. The summed E-state index contributed by atoms with van der Waals surface area (Å²) in [6.07, 6.45) is 0. The standard InChI is InChI=1S/C12H9BrN4S/c13-10-6-5-9(18-10)12-15-8-4-2-1-3-7(8)11(16-12)17-14/h1-6H,14H2,(H,15,16,17). The zero-order valence-corrected chi connectivity index (χ0v) is 11.6. The molecule has 0 radical (unpaired) electrons. The second-order valence-electron chi connectivity index (χ2n) is 3.66. The van der Waals surface area contributed by atoms with Crippen molar-refractivity contribution >= 4 is 44.0 Å². The first-order chi connectivity index (χ1) is 8.78. The molecule has 0 amide bonds. The van der Waals surface area contributed by atoms with Gasteiger partial charge in [0.2, 0.25) is 0 Å². The summed E-state index contributed by atoms with van der Waals surface area (Å²) in [5.74, 6) is 6.84. The molecule has 0 aliphatic rings. The number of anilines is 1. The Morgan fingerprint density at radius 3 is 2.67 bits per heavy atom. The Morgan fingerprint density at radius 1 is 1.11 bits per heavy atom. The van der Waals surface area contributed by atoms with E-state index in [4.69, 9.17) is 5.84 Å². The van der Waals surface area contributed by atoms with E-state index >= 15 is 0 Å². The highest BCUT2D eigenvalue weighted by atomic mass is 79.9. The number of halogens is 1. The second-order valence-corrected chi connectivity index (χ2v) is 6.12. The first-order valence-corrected chi connectivity index (χ1v) is 6.88. The fourth-order valence-corrected chi connectivity index (χ4v) is 3.05. The van der Waals surface area contributed by atoms with Gasteiger partial charge in [0.15, 0.2) is 11.6 Å². The van der Waals surface area contributed by atoms with Gasteiger partial charge < -0.3 is 5.43 Å². The molecule has 0 atom stereocenters. The van der Waals surface area contributed by atoms with Crippen LogP contribution in [0.4, 0.5) is 5.82 Å². The molecular formula is C12H9BrN4S. The lowest BCUT2D eigenvalue weighted by Gasteiger charge is -2.06. The Labute approximate surface area is 116 Å². The van der Waals surface area contributed by atoms with Crippen molar-refractivity contribution in [2.24, 2.45) is 5.84 Å². The molecule has 1 aromatic carbocycles. The Kier molecular flexibility index (Phi) is 2.99. The Balaban J connectivity index is 2.25. The minimum Gasteiger partial charge on any atom is -0.308 e. The fourth-order valence-electron chi connectivity index (χ4n) is 1.73. The van der Waals surface area contributed by atoms with E-state index in [0.717, 1.165) is 19.6 Å². The largest absolute Gasteiger partial charge is 0.308 e. The average Bonchev–Trinajstić information content (AvgIpc) is 2.84. The number of hydrazine groups is 1. The molecule has 6 heteroatoms. The zero-order valence-electron chi connectivity index (χ0n) is 9.22. The molecule has 0 saturated heterocycles. The predicted molar refractivity (Wildman–Crippen MR) is 78.4 cm³/mol. The van der Waals surface area contributed by atoms with Crippen molar-refractivity contribution in [2.75, 3.05) is 5.43 Å². The summed E-state index contributed by atoms with van der Waals surface area (Å²) < 4.78 is 1.05. The summed E-state index contributed by atoms with van der Waals surface area (Å²) in [4.78, 5) is 10.00. The minimum atomic E-state index is 0.639. The minimum absolute atomic E-state index is 0.639. The van der Waals surface area contributed by atoms with Crippen LogP contribution in [0.1, 0.15) is 0 Å². The van der Waals surface area contributed by atoms with Crippen molar-refractivity contribution < 1.29 is 0 Å². The van der Waals surface area contributed by atoms with Crippen LogP contribution in [0.15, 0.2) is 40.2 Å². The van der Waals surface area contributed by atoms with Gasteiger partial charge in [0.25, 0.3) is 0 Å². The monoisotopic (exact) mass is 320 g/mol. The molecule has 0 unspecified atom stereocenters. The molecule has 0 fully saturated rings. The van der Waals surface area contributed by atoms with E-state index in [1.807, 2.05) is 36.4 Å². The number of para-hydroxylation sites is 1. The van der Waals surface area contributed by atoms with E-state index in [1.54, 1.807) is 11.3 Å². The summed E-state index contributed by atoms with van der Waals surface area (Å²) in [6.45, 7) is 0. The van der Waals surface area contributed by atoms with E-state index < -0.39 is 0 Å². The topological polar surface area (TPSA) is 63.8 Å². The summed E-state index contributed by atoms with van der Waals surface area (Å²) >= 11 is 5.03. The number of nitrogens with one attached hydrogen (secondary N) is 1. The Hall–Kier alpha value is -1.50. The maximum absolute atomic E-state index is 5.52. The molecule has 3 rings (SSSR count). The molecular weight excluding hydrogens is 312 g/mol. The number of nitrogens with zero attached hydrogens (tertiary/aromatic N) is 2. The molecule has 2 heterocycles. The van der Waals surface area contributed by atoms with Crippen molar-refractivity contribution in [2.45, 2.75) is 0 Å². The van der Waals surface area contributed by atoms with Gasteiger partial charge >= 0.3 is 0 Å². The second kappa shape index (κ2) is 4.64. The summed E-state index contributed by atoms with van der Waals surface area (Å²) in [5.41, 5.74) is 3.50. The van der Waals surface area contributed by atoms with Crippen LogP contribution in [-0.4, -0.2) is 9.97 Å². The predicted octanol–water partition coefficient (Wildman–Crippen LogP) is 3.41. The summed E-state index contributed by atoms with van der Waals surface area (Å²) in [5, 5.41) is 0.916. The normalized spacial score (nSPS) is 10.8. The van der Waals surface area contributed by atoms with E-state index in [-0.39, 0.29) is 0 Å². The van der Waals surface area contributed by atoms with E-state index in [1.165, 1.54) is 0 Å². The molecule has 0 bridgehead atoms. The van der Waals surface area contributed by atoms with Crippen LogP contribution in [0.2, 0.25) is 0 Å². The molecule has 2 aromatic heterocycles. The molecule has 0 spiro atoms. The van der Waals surface area contributed by atoms with Crippen molar-refractivity contribution in [1.82, 2.24) is 9.97 Å². The van der Waals surface area contributed by atoms with Gasteiger partial charge in [0.05, 0.1) is 14.2 Å². The zero-order chi connectivity index (χ0) is 12.5. The molecule has 0 aliphatic carbocycles. The van der Waals surface area contributed by atoms with Gasteiger partial charge in [-0.15, -0.1) is 11.3 Å². The Bertz CT molecular complexity index is 710. The third-order valence-electron chi connectivity index (χ3n) is 2.53. The molecule has 4 nitrogen and oxygen atoms in total. The van der Waals surface area contributed by atoms with Gasteiger partial charge in [0, 0.05) is 5.39 Å². The van der Waals surface area contributed by atoms with Gasteiger partial charge in [-0.2, -0.15) is 0 Å². The average molecular weight is 321 g/mol. The number of aromatic nitrogens is 2. The number of nitrogens with two attached hydrogens (primary N) is 1. The first kappa shape index (κ1) is 11.6. The highest BCUT2D eigenvalue weighted by molar-refractivity contribution is 9.11. The number of fused-ring (bicyclic) bond motifs is 1. The maximum Gasteiger partial charge on any atom is 0.172 e. The molecule has 90 valence electrons. The number of hydrogen-bond acceptors (Lipinski definition) is 5. The van der Waals surface area contributed by atoms with E-state index in [2.05, 4.69) is 31.3 Å². The maximum atomic E-state index is 5.52. The lowest BCUT2D eigenvalue weighted by Crippen LogP contribution is -2.10. The van der Waals surface area contributed by atoms with Crippen LogP contribution in [0.5, 0.6) is 0 Å². The smallest absolute Gasteiger partial charge is 0.172 e. The van der Waals surface area contributed by atoms with Gasteiger partial charge in [-0.3, -0.25) is 0 Å². The number of thiophene rings is 1. The van der Waals surface area contributed by atoms with Crippen LogP contribution in [0.3, 0.4) is 0 Å². The highest BCUT2D eigenvalue weighted by Crippen LogP contribution is 2.31. The molecule has 3 aromatic rings. The van der Waals surface area contributed by atoms with Gasteiger partial charge in [-0.25, -0.2) is 15.8 Å². The van der Waals surface area contributed by atoms with Crippen molar-refractivity contribution in [3.63, 3.8) is 0 Å². The van der Waals surface area contributed by atoms with Crippen molar-refractivity contribution in [1.29, 1.82) is 0 Å². The van der Waals surface area contributed by atoms with Crippen LogP contribution >= 0.6 is 27.3 Å². The quantitative estimate of drug-likeness (QED) is 0.561. The first-order valence-electron chi connectivity index (χ1n) is 5.27. The lowest BCUT2D eigenvalue weighted by atomic mass is 10.2. The third-order valence-corrected chi connectivity index (χ3v) is 4.15. The highest BCUT2D eigenvalue weighted by Gasteiger charge is 2.09. The van der Waals surface area contributed by atoms with Crippen LogP contribution in [0.25, 0.3) is 21.6 Å². The number of hydrogen-bond donors (Lipinski definition) is 2. The molecule has 3 N–H and O–H groups in total. The van der Waals surface area contributed by atoms with Gasteiger partial charge in [0.1, 0.15) is 0 Å². The fraction of sp³-hybridized carbons (Fsp3) is 0. The lowest BCUT2D eigenvalue weighted by molar-refractivity contribution is 1.19. The SMILES string of the molecule is NNc1nc(-c2ccc(Br)s2)nc2ccccc12. The van der Waals surface area contributed by atoms with Crippen LogP contribution in [0, 0.1) is 0 Å². The van der Waals surface area contributed by atoms with Crippen LogP contribution in [-0.2, 0) is 0 Å². The van der Waals surface area contributed by atoms with Crippen molar-refractivity contribution in [3.8, 4) is 10.7 Å². The molecule has 0 saturated carbocycles. The number of benzene rings is 1. The molecule has 18 heavy (non-hydrogen) atoms. The van der Waals surface area contributed by atoms with Gasteiger partial charge in [-0.1, -0.05) is 12.1 Å². The summed E-state index contributed by atoms with van der Waals surface area (Å²) in [6, 6.07) is 11.7. The third kappa shape index (κ3) is 1.98. The van der Waals surface area contributed by atoms with E-state index in [0.29, 0.717) is 11.6 Å². The number of nitrogen functional groups attached to an aromatic ring is 1. The van der Waals surface area contributed by atoms with Crippen molar-refractivity contribution in [3.05, 3.63) is 40.2 Å². The van der Waals surface area contributed by atoms with Crippen LogP contribution < -0.4 is 11.3 Å². The van der Waals surface area contributed by atoms with E-state index in [9.17, 15) is 0 Å². The van der Waals surface area contributed by atoms with Gasteiger partial charge in [-0.05, 0) is 40.2 Å². The Morgan fingerprint density at radius 2 is 1.94 bits per heavy atom.